The minimum absolute atomic E-state index is 0.366. The lowest BCUT2D eigenvalue weighted by molar-refractivity contribution is 0.109. The molecule has 2 aromatic carbocycles. The summed E-state index contributed by atoms with van der Waals surface area (Å²) in [6, 6.07) is 12.0. The smallest absolute Gasteiger partial charge is 0.143 e. The molecule has 0 unspecified atom stereocenters. The largest absolute Gasteiger partial charge is 0.457 e. The van der Waals surface area contributed by atoms with Crippen molar-refractivity contribution in [1.29, 1.82) is 0 Å². The van der Waals surface area contributed by atoms with Crippen molar-refractivity contribution in [3.05, 3.63) is 55.6 Å². The Kier molecular flexibility index (Phi) is 3.43. The zero-order valence-corrected chi connectivity index (χ0v) is 15.2. The van der Waals surface area contributed by atoms with Gasteiger partial charge >= 0.3 is 0 Å². The van der Waals surface area contributed by atoms with E-state index >= 15 is 0 Å². The van der Waals surface area contributed by atoms with Crippen molar-refractivity contribution in [2.75, 3.05) is 13.2 Å². The summed E-state index contributed by atoms with van der Waals surface area (Å²) in [6.07, 6.45) is 0. The highest BCUT2D eigenvalue weighted by molar-refractivity contribution is 14.1. The highest BCUT2D eigenvalue weighted by Crippen LogP contribution is 2.50. The van der Waals surface area contributed by atoms with E-state index < -0.39 is 5.54 Å². The second kappa shape index (κ2) is 5.21. The Hall–Kier alpha value is -1.12. The van der Waals surface area contributed by atoms with Crippen molar-refractivity contribution in [3.8, 4) is 11.5 Å². The highest BCUT2D eigenvalue weighted by Gasteiger charge is 2.44. The van der Waals surface area contributed by atoms with Gasteiger partial charge in [-0.2, -0.15) is 0 Å². The molecule has 2 aromatic rings. The Morgan fingerprint density at radius 1 is 1.14 bits per heavy atom. The van der Waals surface area contributed by atoms with Crippen LogP contribution in [0.4, 0.5) is 0 Å². The predicted octanol–water partition coefficient (Wildman–Crippen LogP) is 3.79. The normalized spacial score (nSPS) is 22.5. The Labute approximate surface area is 150 Å². The van der Waals surface area contributed by atoms with E-state index in [9.17, 15) is 0 Å². The number of benzene rings is 2. The van der Waals surface area contributed by atoms with Gasteiger partial charge in [0.05, 0.1) is 6.61 Å². The molecule has 2 aliphatic rings. The summed E-state index contributed by atoms with van der Waals surface area (Å²) in [5, 5.41) is 0. The Bertz CT molecular complexity index is 755. The molecule has 112 valence electrons. The third-order valence-electron chi connectivity index (χ3n) is 3.89. The third-order valence-corrected chi connectivity index (χ3v) is 5.05. The monoisotopic (exact) mass is 470 g/mol. The minimum Gasteiger partial charge on any atom is -0.457 e. The number of halogens is 2. The van der Waals surface area contributed by atoms with Crippen LogP contribution in [-0.2, 0) is 10.3 Å². The van der Waals surface area contributed by atoms with Crippen molar-refractivity contribution < 1.29 is 9.47 Å². The molecule has 0 bridgehead atoms. The first-order valence-corrected chi connectivity index (χ1v) is 8.65. The average molecular weight is 471 g/mol. The van der Waals surface area contributed by atoms with E-state index in [2.05, 4.69) is 44.6 Å². The topological polar surface area (TPSA) is 56.8 Å². The fourth-order valence-corrected chi connectivity index (χ4v) is 3.83. The number of nitrogens with two attached hydrogens (primary N) is 1. The van der Waals surface area contributed by atoms with E-state index in [4.69, 9.17) is 20.2 Å². The number of aliphatic imine (C=N–C) groups is 1. The lowest BCUT2D eigenvalue weighted by atomic mass is 9.80. The van der Waals surface area contributed by atoms with Crippen molar-refractivity contribution in [2.24, 2.45) is 10.7 Å². The van der Waals surface area contributed by atoms with Crippen LogP contribution in [0, 0.1) is 3.57 Å². The van der Waals surface area contributed by atoms with Gasteiger partial charge in [-0.3, -0.25) is 4.99 Å². The third kappa shape index (κ3) is 2.16. The molecule has 2 heterocycles. The van der Waals surface area contributed by atoms with Gasteiger partial charge in [-0.05, 0) is 59.0 Å². The Morgan fingerprint density at radius 2 is 1.86 bits per heavy atom. The van der Waals surface area contributed by atoms with Gasteiger partial charge in [0.1, 0.15) is 29.5 Å². The lowest BCUT2D eigenvalue weighted by Crippen LogP contribution is -2.42. The molecule has 0 saturated carbocycles. The molecule has 0 aromatic heterocycles. The first-order chi connectivity index (χ1) is 10.6. The van der Waals surface area contributed by atoms with E-state index in [0.717, 1.165) is 30.7 Å². The maximum absolute atomic E-state index is 6.06. The quantitative estimate of drug-likeness (QED) is 0.596. The molecule has 1 atom stereocenters. The molecule has 0 aliphatic carbocycles. The SMILES string of the molecule is NC1=N[C@@]2(COC1)c1cc(Br)ccc1Oc1ccc(I)cc12. The number of hydrogen-bond acceptors (Lipinski definition) is 4. The maximum Gasteiger partial charge on any atom is 0.143 e. The van der Waals surface area contributed by atoms with Crippen molar-refractivity contribution >= 4 is 44.4 Å². The van der Waals surface area contributed by atoms with Crippen LogP contribution in [0.1, 0.15) is 11.1 Å². The molecular formula is C16H12BrIN2O2. The van der Waals surface area contributed by atoms with Gasteiger partial charge in [-0.1, -0.05) is 15.9 Å². The fraction of sp³-hybridized carbons (Fsp3) is 0.188. The van der Waals surface area contributed by atoms with E-state index in [0.29, 0.717) is 19.0 Å². The molecular weight excluding hydrogens is 459 g/mol. The van der Waals surface area contributed by atoms with Gasteiger partial charge in [0, 0.05) is 19.2 Å². The summed E-state index contributed by atoms with van der Waals surface area (Å²) < 4.78 is 13.9. The molecule has 4 rings (SSSR count). The second-order valence-electron chi connectivity index (χ2n) is 5.34. The Morgan fingerprint density at radius 3 is 2.64 bits per heavy atom. The van der Waals surface area contributed by atoms with Crippen molar-refractivity contribution in [2.45, 2.75) is 5.54 Å². The first kappa shape index (κ1) is 14.5. The second-order valence-corrected chi connectivity index (χ2v) is 7.50. The summed E-state index contributed by atoms with van der Waals surface area (Å²) >= 11 is 5.82. The molecule has 0 radical (unpaired) electrons. The molecule has 0 amide bonds. The van der Waals surface area contributed by atoms with Gasteiger partial charge in [0.2, 0.25) is 0 Å². The maximum atomic E-state index is 6.06. The molecule has 0 fully saturated rings. The number of fused-ring (bicyclic) bond motifs is 4. The molecule has 2 aliphatic heterocycles. The summed E-state index contributed by atoms with van der Waals surface area (Å²) in [6.45, 7) is 0.818. The van der Waals surface area contributed by atoms with Crippen molar-refractivity contribution in [3.63, 3.8) is 0 Å². The summed E-state index contributed by atoms with van der Waals surface area (Å²) in [4.78, 5) is 4.80. The van der Waals surface area contributed by atoms with E-state index in [1.165, 1.54) is 0 Å². The van der Waals surface area contributed by atoms with Crippen LogP contribution in [0.5, 0.6) is 11.5 Å². The summed E-state index contributed by atoms with van der Waals surface area (Å²) in [7, 11) is 0. The highest BCUT2D eigenvalue weighted by atomic mass is 127. The van der Waals surface area contributed by atoms with Gasteiger partial charge in [-0.15, -0.1) is 0 Å². The van der Waals surface area contributed by atoms with Crippen LogP contribution in [0.3, 0.4) is 0 Å². The Balaban J connectivity index is 2.05. The number of nitrogens with zero attached hydrogens (tertiary/aromatic N) is 1. The molecule has 2 N–H and O–H groups in total. The van der Waals surface area contributed by atoms with Gasteiger partial charge in [0.25, 0.3) is 0 Å². The van der Waals surface area contributed by atoms with Gasteiger partial charge < -0.3 is 15.2 Å². The van der Waals surface area contributed by atoms with Gasteiger partial charge in [-0.25, -0.2) is 0 Å². The number of hydrogen-bond donors (Lipinski definition) is 1. The van der Waals surface area contributed by atoms with Crippen LogP contribution in [0.25, 0.3) is 0 Å². The predicted molar refractivity (Wildman–Crippen MR) is 96.6 cm³/mol. The molecule has 0 saturated heterocycles. The standard InChI is InChI=1S/C16H12BrIN2O2/c17-9-1-3-13-11(5-9)16(8-21-7-15(19)20-16)12-6-10(18)2-4-14(12)22-13/h1-6H,7-8H2,(H2,19,20)/t16-/m0/s1. The first-order valence-electron chi connectivity index (χ1n) is 6.78. The summed E-state index contributed by atoms with van der Waals surface area (Å²) in [5.41, 5.74) is 7.32. The van der Waals surface area contributed by atoms with Crippen LogP contribution >= 0.6 is 38.5 Å². The molecule has 6 heteroatoms. The van der Waals surface area contributed by atoms with Crippen LogP contribution in [0.15, 0.2) is 45.9 Å². The molecule has 4 nitrogen and oxygen atoms in total. The minimum atomic E-state index is -0.643. The lowest BCUT2D eigenvalue weighted by Gasteiger charge is -2.39. The summed E-state index contributed by atoms with van der Waals surface area (Å²) in [5.74, 6) is 2.10. The zero-order valence-electron chi connectivity index (χ0n) is 11.5. The number of rotatable bonds is 0. The van der Waals surface area contributed by atoms with Gasteiger partial charge in [0.15, 0.2) is 0 Å². The molecule has 1 spiro atoms. The van der Waals surface area contributed by atoms with Crippen LogP contribution in [0.2, 0.25) is 0 Å². The zero-order chi connectivity index (χ0) is 15.3. The average Bonchev–Trinajstić information content (AvgIpc) is 2.49. The van der Waals surface area contributed by atoms with E-state index in [1.54, 1.807) is 0 Å². The van der Waals surface area contributed by atoms with E-state index in [1.807, 2.05) is 30.3 Å². The number of amidine groups is 1. The van der Waals surface area contributed by atoms with Crippen molar-refractivity contribution in [1.82, 2.24) is 0 Å². The van der Waals surface area contributed by atoms with Crippen LogP contribution in [-0.4, -0.2) is 19.0 Å². The molecule has 22 heavy (non-hydrogen) atoms. The number of ether oxygens (including phenoxy) is 2. The van der Waals surface area contributed by atoms with E-state index in [-0.39, 0.29) is 0 Å². The van der Waals surface area contributed by atoms with Crippen LogP contribution < -0.4 is 10.5 Å². The fourth-order valence-electron chi connectivity index (χ4n) is 2.98.